The number of phenols is 1. The number of benzene rings is 1. The molecule has 120 valence electrons. The van der Waals surface area contributed by atoms with Crippen LogP contribution in [0.3, 0.4) is 0 Å². The van der Waals surface area contributed by atoms with Gasteiger partial charge in [-0.05, 0) is 30.2 Å². The maximum atomic E-state index is 12.2. The number of aromatic hydroxyl groups is 1. The Labute approximate surface area is 133 Å². The summed E-state index contributed by atoms with van der Waals surface area (Å²) in [6.07, 6.45) is 2.32. The normalized spacial score (nSPS) is 14.2. The predicted molar refractivity (Wildman–Crippen MR) is 81.1 cm³/mol. The summed E-state index contributed by atoms with van der Waals surface area (Å²) in [5.74, 6) is -1.79. The lowest BCUT2D eigenvalue weighted by Crippen LogP contribution is -2.18. The van der Waals surface area contributed by atoms with Crippen LogP contribution in [0.4, 0.5) is 0 Å². The van der Waals surface area contributed by atoms with Crippen LogP contribution < -0.4 is 0 Å². The second-order valence-electron chi connectivity index (χ2n) is 5.10. The zero-order valence-corrected chi connectivity index (χ0v) is 13.0. The fraction of sp³-hybridized carbons (Fsp3) is 0.235. The first-order chi connectivity index (χ1) is 10.9. The topological polar surface area (TPSA) is 89.9 Å². The fourth-order valence-electron chi connectivity index (χ4n) is 2.44. The van der Waals surface area contributed by atoms with Crippen molar-refractivity contribution in [3.8, 4) is 5.75 Å². The molecule has 0 heterocycles. The van der Waals surface area contributed by atoms with E-state index in [4.69, 9.17) is 4.74 Å². The van der Waals surface area contributed by atoms with Crippen LogP contribution in [0.2, 0.25) is 0 Å². The second kappa shape index (κ2) is 6.48. The number of ether oxygens (including phenoxy) is 2. The first kappa shape index (κ1) is 16.5. The van der Waals surface area contributed by atoms with Crippen molar-refractivity contribution in [2.24, 2.45) is 0 Å². The number of esters is 1. The van der Waals surface area contributed by atoms with Gasteiger partial charge in [-0.1, -0.05) is 6.07 Å². The third-order valence-corrected chi connectivity index (χ3v) is 3.44. The summed E-state index contributed by atoms with van der Waals surface area (Å²) in [7, 11) is 2.50. The lowest BCUT2D eigenvalue weighted by atomic mass is 9.91. The maximum Gasteiger partial charge on any atom is 0.341 e. The largest absolute Gasteiger partial charge is 0.507 e. The first-order valence-electron chi connectivity index (χ1n) is 6.83. The van der Waals surface area contributed by atoms with E-state index in [1.54, 1.807) is 13.0 Å². The number of carbonyl (C=O) groups excluding carboxylic acids is 3. The van der Waals surface area contributed by atoms with Gasteiger partial charge in [-0.25, -0.2) is 4.79 Å². The molecule has 0 spiro atoms. The van der Waals surface area contributed by atoms with E-state index >= 15 is 0 Å². The van der Waals surface area contributed by atoms with Crippen LogP contribution in [0.1, 0.15) is 21.5 Å². The van der Waals surface area contributed by atoms with E-state index in [9.17, 15) is 19.5 Å². The SMILES string of the molecule is COC(=O)c1c(O)cc(C)cc1CC1=CC(=O)C=C(OC)C1=O. The number of rotatable bonds is 4. The van der Waals surface area contributed by atoms with Crippen LogP contribution >= 0.6 is 0 Å². The van der Waals surface area contributed by atoms with Gasteiger partial charge in [0.2, 0.25) is 5.78 Å². The molecule has 0 bridgehead atoms. The second-order valence-corrected chi connectivity index (χ2v) is 5.10. The van der Waals surface area contributed by atoms with Gasteiger partial charge >= 0.3 is 5.97 Å². The lowest BCUT2D eigenvalue weighted by Gasteiger charge is -2.15. The van der Waals surface area contributed by atoms with E-state index in [0.29, 0.717) is 11.1 Å². The van der Waals surface area contributed by atoms with E-state index in [-0.39, 0.29) is 34.8 Å². The fourth-order valence-corrected chi connectivity index (χ4v) is 2.44. The minimum Gasteiger partial charge on any atom is -0.507 e. The quantitative estimate of drug-likeness (QED) is 0.671. The Morgan fingerprint density at radius 2 is 1.87 bits per heavy atom. The van der Waals surface area contributed by atoms with Gasteiger partial charge in [0.05, 0.1) is 14.2 Å². The molecule has 0 atom stereocenters. The number of Topliss-reactive ketones (excluding diaryl/α,β-unsaturated/α-hetero) is 1. The summed E-state index contributed by atoms with van der Waals surface area (Å²) in [5, 5.41) is 10.0. The number of carbonyl (C=O) groups is 3. The molecule has 2 rings (SSSR count). The lowest BCUT2D eigenvalue weighted by molar-refractivity contribution is -0.117. The standard InChI is InChI=1S/C17H16O6/c1-9-4-10(15(13(19)5-9)17(21)23-3)6-11-7-12(18)8-14(22-2)16(11)20/h4-5,7-8,19H,6H2,1-3H3. The monoisotopic (exact) mass is 316 g/mol. The smallest absolute Gasteiger partial charge is 0.341 e. The summed E-state index contributed by atoms with van der Waals surface area (Å²) >= 11 is 0. The summed E-state index contributed by atoms with van der Waals surface area (Å²) in [5.41, 5.74) is 1.28. The molecule has 1 aliphatic rings. The number of methoxy groups -OCH3 is 2. The molecule has 0 saturated heterocycles. The molecular weight excluding hydrogens is 300 g/mol. The minimum absolute atomic E-state index is 0.00491. The van der Waals surface area contributed by atoms with Gasteiger partial charge in [0, 0.05) is 18.1 Å². The van der Waals surface area contributed by atoms with Crippen LogP contribution in [0, 0.1) is 6.92 Å². The third kappa shape index (κ3) is 3.31. The average Bonchev–Trinajstić information content (AvgIpc) is 2.49. The van der Waals surface area contributed by atoms with Crippen molar-refractivity contribution in [2.75, 3.05) is 14.2 Å². The molecule has 23 heavy (non-hydrogen) atoms. The highest BCUT2D eigenvalue weighted by molar-refractivity contribution is 6.19. The van der Waals surface area contributed by atoms with Crippen LogP contribution in [-0.4, -0.2) is 36.9 Å². The van der Waals surface area contributed by atoms with Crippen LogP contribution in [-0.2, 0) is 25.5 Å². The van der Waals surface area contributed by atoms with Crippen LogP contribution in [0.15, 0.2) is 35.6 Å². The van der Waals surface area contributed by atoms with Crippen molar-refractivity contribution in [1.29, 1.82) is 0 Å². The van der Waals surface area contributed by atoms with Crippen LogP contribution in [0.25, 0.3) is 0 Å². The highest BCUT2D eigenvalue weighted by Crippen LogP contribution is 2.28. The van der Waals surface area contributed by atoms with Gasteiger partial charge in [0.25, 0.3) is 0 Å². The predicted octanol–water partition coefficient (Wildman–Crippen LogP) is 1.64. The van der Waals surface area contributed by atoms with E-state index in [1.165, 1.54) is 26.4 Å². The molecule has 0 saturated carbocycles. The van der Waals surface area contributed by atoms with Gasteiger partial charge in [-0.3, -0.25) is 9.59 Å². The molecule has 6 heteroatoms. The summed E-state index contributed by atoms with van der Waals surface area (Å²) in [6.45, 7) is 1.74. The van der Waals surface area contributed by atoms with Crippen molar-refractivity contribution >= 4 is 17.5 Å². The van der Waals surface area contributed by atoms with Crippen molar-refractivity contribution in [3.05, 3.63) is 52.3 Å². The Balaban J connectivity index is 2.46. The van der Waals surface area contributed by atoms with Gasteiger partial charge in [-0.2, -0.15) is 0 Å². The molecule has 1 N–H and O–H groups in total. The Hall–Kier alpha value is -2.89. The van der Waals surface area contributed by atoms with Gasteiger partial charge in [0.1, 0.15) is 11.3 Å². The number of allylic oxidation sites excluding steroid dienone is 3. The van der Waals surface area contributed by atoms with E-state index in [0.717, 1.165) is 6.08 Å². The van der Waals surface area contributed by atoms with Crippen molar-refractivity contribution in [1.82, 2.24) is 0 Å². The molecule has 1 aromatic carbocycles. The molecule has 0 amide bonds. The van der Waals surface area contributed by atoms with E-state index in [1.807, 2.05) is 0 Å². The molecule has 0 radical (unpaired) electrons. The third-order valence-electron chi connectivity index (χ3n) is 3.44. The first-order valence-corrected chi connectivity index (χ1v) is 6.83. The van der Waals surface area contributed by atoms with Crippen LogP contribution in [0.5, 0.6) is 5.75 Å². The molecule has 1 aromatic rings. The molecule has 6 nitrogen and oxygen atoms in total. The number of ketones is 2. The zero-order valence-electron chi connectivity index (χ0n) is 13.0. The van der Waals surface area contributed by atoms with Crippen molar-refractivity contribution in [3.63, 3.8) is 0 Å². The molecular formula is C17H16O6. The number of hydrogen-bond acceptors (Lipinski definition) is 6. The summed E-state index contributed by atoms with van der Waals surface area (Å²) in [4.78, 5) is 35.8. The average molecular weight is 316 g/mol. The Bertz CT molecular complexity index is 755. The molecule has 0 aromatic heterocycles. The zero-order chi connectivity index (χ0) is 17.1. The Morgan fingerprint density at radius 1 is 1.17 bits per heavy atom. The van der Waals surface area contributed by atoms with Gasteiger partial charge in [-0.15, -0.1) is 0 Å². The highest BCUT2D eigenvalue weighted by atomic mass is 16.5. The number of aryl methyl sites for hydroxylation is 1. The molecule has 0 aliphatic heterocycles. The molecule has 1 aliphatic carbocycles. The minimum atomic E-state index is -0.713. The number of phenolic OH excluding ortho intramolecular Hbond substituents is 1. The molecule has 0 fully saturated rings. The summed E-state index contributed by atoms with van der Waals surface area (Å²) in [6, 6.07) is 3.09. The Morgan fingerprint density at radius 3 is 2.48 bits per heavy atom. The van der Waals surface area contributed by atoms with E-state index < -0.39 is 11.8 Å². The van der Waals surface area contributed by atoms with Crippen molar-refractivity contribution < 1.29 is 29.0 Å². The number of hydrogen-bond donors (Lipinski definition) is 1. The van der Waals surface area contributed by atoms with Crippen molar-refractivity contribution in [2.45, 2.75) is 13.3 Å². The maximum absolute atomic E-state index is 12.2. The summed E-state index contributed by atoms with van der Waals surface area (Å²) < 4.78 is 9.57. The Kier molecular flexibility index (Phi) is 4.64. The van der Waals surface area contributed by atoms with E-state index in [2.05, 4.69) is 4.74 Å². The molecule has 0 unspecified atom stereocenters. The highest BCUT2D eigenvalue weighted by Gasteiger charge is 2.25. The van der Waals surface area contributed by atoms with Gasteiger partial charge < -0.3 is 14.6 Å². The van der Waals surface area contributed by atoms with Gasteiger partial charge in [0.15, 0.2) is 11.5 Å².